The van der Waals surface area contributed by atoms with Gasteiger partial charge in [0.25, 0.3) is 5.91 Å². The molecule has 0 bridgehead atoms. The lowest BCUT2D eigenvalue weighted by atomic mass is 9.87. The molecule has 0 atom stereocenters. The first kappa shape index (κ1) is 24.1. The molecule has 7 heteroatoms. The number of carbonyl (C=O) groups excluding carboxylic acids is 1. The monoisotopic (exact) mass is 464 g/mol. The molecule has 1 fully saturated rings. The lowest BCUT2D eigenvalue weighted by Crippen LogP contribution is -2.45. The second kappa shape index (κ2) is 10.1. The van der Waals surface area contributed by atoms with E-state index in [4.69, 9.17) is 4.42 Å². The van der Waals surface area contributed by atoms with Crippen LogP contribution in [-0.4, -0.2) is 46.9 Å². The second-order valence-electron chi connectivity index (χ2n) is 10.0. The summed E-state index contributed by atoms with van der Waals surface area (Å²) in [4.78, 5) is 21.5. The van der Waals surface area contributed by atoms with Gasteiger partial charge in [-0.3, -0.25) is 14.6 Å². The van der Waals surface area contributed by atoms with Gasteiger partial charge in [-0.25, -0.2) is 9.37 Å². The number of nitrogens with zero attached hydrogens (tertiary/aromatic N) is 3. The number of aromatic nitrogens is 1. The van der Waals surface area contributed by atoms with Gasteiger partial charge in [-0.2, -0.15) is 0 Å². The van der Waals surface area contributed by atoms with Crippen molar-refractivity contribution in [1.29, 1.82) is 0 Å². The topological polar surface area (TPSA) is 61.6 Å². The number of piperazine rings is 1. The molecule has 1 saturated heterocycles. The maximum absolute atomic E-state index is 13.7. The Morgan fingerprint density at radius 3 is 2.29 bits per heavy atom. The van der Waals surface area contributed by atoms with Crippen molar-refractivity contribution in [2.75, 3.05) is 31.5 Å². The third-order valence-corrected chi connectivity index (χ3v) is 6.26. The van der Waals surface area contributed by atoms with Crippen LogP contribution in [0.15, 0.2) is 53.1 Å². The van der Waals surface area contributed by atoms with Crippen molar-refractivity contribution in [2.45, 2.75) is 46.2 Å². The summed E-state index contributed by atoms with van der Waals surface area (Å²) in [5.41, 5.74) is 3.96. The molecule has 180 valence electrons. The van der Waals surface area contributed by atoms with Crippen LogP contribution in [0.5, 0.6) is 0 Å². The van der Waals surface area contributed by atoms with Crippen molar-refractivity contribution < 1.29 is 13.6 Å². The molecule has 4 rings (SSSR count). The van der Waals surface area contributed by atoms with Gasteiger partial charge in [-0.05, 0) is 41.2 Å². The first-order valence-corrected chi connectivity index (χ1v) is 11.7. The van der Waals surface area contributed by atoms with Gasteiger partial charge >= 0.3 is 0 Å². The average Bonchev–Trinajstić information content (AvgIpc) is 3.26. The Labute approximate surface area is 200 Å². The normalized spacial score (nSPS) is 15.4. The number of hydrogen-bond donors (Lipinski definition) is 1. The molecule has 2 aromatic carbocycles. The fourth-order valence-corrected chi connectivity index (χ4v) is 4.02. The molecule has 2 heterocycles. The van der Waals surface area contributed by atoms with Crippen LogP contribution in [0, 0.1) is 12.7 Å². The lowest BCUT2D eigenvalue weighted by Gasteiger charge is -2.34. The van der Waals surface area contributed by atoms with E-state index in [1.54, 1.807) is 19.1 Å². The van der Waals surface area contributed by atoms with Crippen molar-refractivity contribution in [2.24, 2.45) is 0 Å². The molecule has 0 aliphatic carbocycles. The van der Waals surface area contributed by atoms with Gasteiger partial charge in [0.15, 0.2) is 5.69 Å². The average molecular weight is 465 g/mol. The zero-order valence-electron chi connectivity index (χ0n) is 20.4. The summed E-state index contributed by atoms with van der Waals surface area (Å²) in [5.74, 6) is -0.272. The third-order valence-electron chi connectivity index (χ3n) is 6.26. The minimum Gasteiger partial charge on any atom is -0.447 e. The quantitative estimate of drug-likeness (QED) is 0.557. The van der Waals surface area contributed by atoms with Gasteiger partial charge in [-0.15, -0.1) is 0 Å². The highest BCUT2D eigenvalue weighted by molar-refractivity contribution is 6.02. The highest BCUT2D eigenvalue weighted by Crippen LogP contribution is 2.23. The van der Waals surface area contributed by atoms with Crippen LogP contribution in [0.2, 0.25) is 0 Å². The van der Waals surface area contributed by atoms with E-state index in [0.717, 1.165) is 32.7 Å². The number of nitrogens with one attached hydrogen (secondary N) is 1. The number of oxazole rings is 1. The molecule has 3 aromatic rings. The number of rotatable bonds is 6. The zero-order valence-corrected chi connectivity index (χ0v) is 20.4. The van der Waals surface area contributed by atoms with Gasteiger partial charge < -0.3 is 9.73 Å². The molecule has 34 heavy (non-hydrogen) atoms. The van der Waals surface area contributed by atoms with E-state index in [9.17, 15) is 9.18 Å². The highest BCUT2D eigenvalue weighted by Gasteiger charge is 2.20. The number of hydrogen-bond acceptors (Lipinski definition) is 5. The van der Waals surface area contributed by atoms with Crippen LogP contribution >= 0.6 is 0 Å². The van der Waals surface area contributed by atoms with Gasteiger partial charge in [-0.1, -0.05) is 51.1 Å². The number of carbonyl (C=O) groups is 1. The molecule has 6 nitrogen and oxygen atoms in total. The van der Waals surface area contributed by atoms with E-state index in [-0.39, 0.29) is 16.9 Å². The zero-order chi connectivity index (χ0) is 24.3. The van der Waals surface area contributed by atoms with E-state index >= 15 is 0 Å². The molecule has 0 unspecified atom stereocenters. The van der Waals surface area contributed by atoms with Crippen LogP contribution in [-0.2, 0) is 18.5 Å². The van der Waals surface area contributed by atoms with E-state index in [2.05, 4.69) is 65.1 Å². The van der Waals surface area contributed by atoms with Crippen LogP contribution in [0.4, 0.5) is 10.1 Å². The SMILES string of the molecule is Cc1ccc(NC(=O)c2coc(CN3CCN(Cc4ccc(C(C)(C)C)cc4)CC3)n2)cc1F. The van der Waals surface area contributed by atoms with Crippen LogP contribution in [0.3, 0.4) is 0 Å². The molecular weight excluding hydrogens is 431 g/mol. The van der Waals surface area contributed by atoms with Crippen LogP contribution < -0.4 is 5.32 Å². The molecule has 0 radical (unpaired) electrons. The number of halogens is 1. The molecule has 1 amide bonds. The Kier molecular flexibility index (Phi) is 7.14. The van der Waals surface area contributed by atoms with E-state index in [1.165, 1.54) is 23.5 Å². The van der Waals surface area contributed by atoms with Crippen LogP contribution in [0.1, 0.15) is 53.8 Å². The van der Waals surface area contributed by atoms with Crippen molar-refractivity contribution >= 4 is 11.6 Å². The Balaban J connectivity index is 1.25. The first-order valence-electron chi connectivity index (χ1n) is 11.7. The van der Waals surface area contributed by atoms with Crippen molar-refractivity contribution in [1.82, 2.24) is 14.8 Å². The fraction of sp³-hybridized carbons (Fsp3) is 0.407. The van der Waals surface area contributed by atoms with E-state index < -0.39 is 5.91 Å². The summed E-state index contributed by atoms with van der Waals surface area (Å²) in [7, 11) is 0. The summed E-state index contributed by atoms with van der Waals surface area (Å²) >= 11 is 0. The summed E-state index contributed by atoms with van der Waals surface area (Å²) < 4.78 is 19.2. The van der Waals surface area contributed by atoms with Gasteiger partial charge in [0.2, 0.25) is 5.89 Å². The fourth-order valence-electron chi connectivity index (χ4n) is 4.02. The van der Waals surface area contributed by atoms with Crippen molar-refractivity contribution in [3.05, 3.63) is 82.8 Å². The van der Waals surface area contributed by atoms with Gasteiger partial charge in [0.05, 0.1) is 6.54 Å². The third kappa shape index (κ3) is 6.10. The molecule has 0 saturated carbocycles. The minimum absolute atomic E-state index is 0.170. The Morgan fingerprint density at radius 1 is 1.03 bits per heavy atom. The Morgan fingerprint density at radius 2 is 1.68 bits per heavy atom. The number of benzene rings is 2. The molecule has 1 aliphatic rings. The summed E-state index contributed by atoms with van der Waals surface area (Å²) in [6.45, 7) is 13.6. The molecule has 1 N–H and O–H groups in total. The minimum atomic E-state index is -0.416. The number of aryl methyl sites for hydroxylation is 1. The Hall–Kier alpha value is -3.03. The highest BCUT2D eigenvalue weighted by atomic mass is 19.1. The van der Waals surface area contributed by atoms with Crippen molar-refractivity contribution in [3.8, 4) is 0 Å². The van der Waals surface area contributed by atoms with Crippen molar-refractivity contribution in [3.63, 3.8) is 0 Å². The van der Waals surface area contributed by atoms with E-state index in [1.807, 2.05) is 0 Å². The predicted octanol–water partition coefficient (Wildman–Crippen LogP) is 4.99. The smallest absolute Gasteiger partial charge is 0.277 e. The largest absolute Gasteiger partial charge is 0.447 e. The maximum Gasteiger partial charge on any atom is 0.277 e. The summed E-state index contributed by atoms with van der Waals surface area (Å²) in [6, 6.07) is 13.5. The standard InChI is InChI=1S/C27H33FN4O2/c1-19-5-10-22(15-23(19)28)29-26(33)24-18-34-25(30-24)17-32-13-11-31(12-14-32)16-20-6-8-21(9-7-20)27(2,3)4/h5-10,15,18H,11-14,16-17H2,1-4H3,(H,29,33). The van der Waals surface area contributed by atoms with Crippen LogP contribution in [0.25, 0.3) is 0 Å². The lowest BCUT2D eigenvalue weighted by molar-refractivity contribution is 0.102. The maximum atomic E-state index is 13.7. The predicted molar refractivity (Wildman–Crippen MR) is 131 cm³/mol. The van der Waals surface area contributed by atoms with Gasteiger partial charge in [0.1, 0.15) is 12.1 Å². The molecule has 0 spiro atoms. The summed E-state index contributed by atoms with van der Waals surface area (Å²) in [5, 5.41) is 2.66. The Bertz CT molecular complexity index is 1130. The molecular formula is C27H33FN4O2. The van der Waals surface area contributed by atoms with Gasteiger partial charge in [0, 0.05) is 38.4 Å². The first-order chi connectivity index (χ1) is 16.2. The second-order valence-corrected chi connectivity index (χ2v) is 10.0. The molecule has 1 aliphatic heterocycles. The number of anilines is 1. The van der Waals surface area contributed by atoms with E-state index in [0.29, 0.717) is 23.7 Å². The molecule has 1 aromatic heterocycles. The summed E-state index contributed by atoms with van der Waals surface area (Å²) in [6.07, 6.45) is 1.35. The number of amides is 1.